The highest BCUT2D eigenvalue weighted by Crippen LogP contribution is 2.35. The summed E-state index contributed by atoms with van der Waals surface area (Å²) in [6.07, 6.45) is 7.43. The number of piperazine rings is 1. The third-order valence-electron chi connectivity index (χ3n) is 6.05. The first kappa shape index (κ1) is 21.4. The molecule has 7 nitrogen and oxygen atoms in total. The average Bonchev–Trinajstić information content (AvgIpc) is 3.26. The Hall–Kier alpha value is -3.42. The van der Waals surface area contributed by atoms with Crippen molar-refractivity contribution in [2.75, 3.05) is 43.4 Å². The number of halogens is 1. The molecule has 1 fully saturated rings. The second-order valence-corrected chi connectivity index (χ2v) is 8.80. The Balaban J connectivity index is 1.39. The zero-order chi connectivity index (χ0) is 22.9. The Morgan fingerprint density at radius 3 is 2.61 bits per heavy atom. The minimum Gasteiger partial charge on any atom is -0.354 e. The summed E-state index contributed by atoms with van der Waals surface area (Å²) < 4.78 is 1.77. The second kappa shape index (κ2) is 8.84. The molecule has 0 spiro atoms. The predicted octanol–water partition coefficient (Wildman–Crippen LogP) is 4.52. The van der Waals surface area contributed by atoms with Crippen molar-refractivity contribution >= 4 is 39.7 Å². The maximum atomic E-state index is 6.80. The number of hydrogen-bond acceptors (Lipinski definition) is 6. The van der Waals surface area contributed by atoms with E-state index in [9.17, 15) is 0 Å². The number of anilines is 2. The average molecular weight is 460 g/mol. The Bertz CT molecular complexity index is 1320. The molecule has 1 N–H and O–H groups in total. The largest absolute Gasteiger partial charge is 0.354 e. The highest BCUT2D eigenvalue weighted by Gasteiger charge is 2.16. The van der Waals surface area contributed by atoms with Crippen molar-refractivity contribution in [3.8, 4) is 11.1 Å². The molecular formula is C25H26ClN7. The minimum absolute atomic E-state index is 0.679. The fourth-order valence-corrected chi connectivity index (χ4v) is 4.41. The third-order valence-corrected chi connectivity index (χ3v) is 6.46. The molecule has 0 amide bonds. The van der Waals surface area contributed by atoms with Crippen molar-refractivity contribution in [2.24, 2.45) is 7.05 Å². The number of hydrogen-bond donors (Lipinski definition) is 1. The van der Waals surface area contributed by atoms with Crippen LogP contribution in [0.2, 0.25) is 5.02 Å². The summed E-state index contributed by atoms with van der Waals surface area (Å²) >= 11 is 6.80. The van der Waals surface area contributed by atoms with Crippen LogP contribution in [0.4, 0.5) is 11.6 Å². The molecule has 33 heavy (non-hydrogen) atoms. The van der Waals surface area contributed by atoms with E-state index in [2.05, 4.69) is 49.9 Å². The van der Waals surface area contributed by atoms with Gasteiger partial charge in [-0.25, -0.2) is 9.97 Å². The van der Waals surface area contributed by atoms with Crippen molar-refractivity contribution in [1.29, 1.82) is 0 Å². The van der Waals surface area contributed by atoms with Gasteiger partial charge in [0, 0.05) is 85.0 Å². The molecule has 8 heteroatoms. The van der Waals surface area contributed by atoms with Crippen LogP contribution < -0.4 is 10.2 Å². The van der Waals surface area contributed by atoms with Crippen molar-refractivity contribution in [2.45, 2.75) is 0 Å². The van der Waals surface area contributed by atoms with Gasteiger partial charge in [0.1, 0.15) is 11.6 Å². The van der Waals surface area contributed by atoms with E-state index in [0.717, 1.165) is 65.2 Å². The van der Waals surface area contributed by atoms with Crippen LogP contribution in [0.3, 0.4) is 0 Å². The van der Waals surface area contributed by atoms with Crippen molar-refractivity contribution in [3.63, 3.8) is 0 Å². The molecule has 1 aliphatic rings. The Morgan fingerprint density at radius 2 is 1.85 bits per heavy atom. The summed E-state index contributed by atoms with van der Waals surface area (Å²) in [4.78, 5) is 13.8. The zero-order valence-electron chi connectivity index (χ0n) is 18.8. The summed E-state index contributed by atoms with van der Waals surface area (Å²) in [5.41, 5.74) is 3.67. The van der Waals surface area contributed by atoms with E-state index in [1.807, 2.05) is 56.1 Å². The number of aromatic nitrogens is 4. The van der Waals surface area contributed by atoms with E-state index < -0.39 is 0 Å². The van der Waals surface area contributed by atoms with E-state index in [0.29, 0.717) is 10.8 Å². The SMILES string of the molecule is C=C(Nc1cc2c(Cl)c(-c3cnn(C)c3)ccc2cn1)c1ccnc(N2CCN(C)CC2)c1. The molecule has 168 valence electrons. The highest BCUT2D eigenvalue weighted by molar-refractivity contribution is 6.38. The smallest absolute Gasteiger partial charge is 0.130 e. The van der Waals surface area contributed by atoms with Gasteiger partial charge in [0.25, 0.3) is 0 Å². The van der Waals surface area contributed by atoms with Gasteiger partial charge in [-0.2, -0.15) is 5.10 Å². The van der Waals surface area contributed by atoms with Crippen molar-refractivity contribution in [3.05, 3.63) is 72.3 Å². The second-order valence-electron chi connectivity index (χ2n) is 8.42. The summed E-state index contributed by atoms with van der Waals surface area (Å²) in [5, 5.41) is 10.2. The van der Waals surface area contributed by atoms with Crippen molar-refractivity contribution in [1.82, 2.24) is 24.6 Å². The number of nitrogens with one attached hydrogen (secondary N) is 1. The number of likely N-dealkylation sites (N-methyl/N-ethyl adjacent to an activating group) is 1. The molecule has 0 radical (unpaired) electrons. The number of fused-ring (bicyclic) bond motifs is 1. The summed E-state index contributed by atoms with van der Waals surface area (Å²) in [7, 11) is 4.04. The fraction of sp³-hybridized carbons (Fsp3) is 0.240. The third kappa shape index (κ3) is 4.42. The Labute approximate surface area is 198 Å². The number of nitrogens with zero attached hydrogens (tertiary/aromatic N) is 6. The summed E-state index contributed by atoms with van der Waals surface area (Å²) in [5.74, 6) is 1.66. The van der Waals surface area contributed by atoms with Gasteiger partial charge in [-0.05, 0) is 25.2 Å². The summed E-state index contributed by atoms with van der Waals surface area (Å²) in [6, 6.07) is 10.0. The molecular weight excluding hydrogens is 434 g/mol. The van der Waals surface area contributed by atoms with Gasteiger partial charge in [0.15, 0.2) is 0 Å². The van der Waals surface area contributed by atoms with Crippen LogP contribution in [-0.2, 0) is 7.05 Å². The number of benzene rings is 1. The van der Waals surface area contributed by atoms with Crippen LogP contribution in [-0.4, -0.2) is 57.9 Å². The van der Waals surface area contributed by atoms with Crippen LogP contribution in [0.15, 0.2) is 61.7 Å². The molecule has 0 bridgehead atoms. The fourth-order valence-electron chi connectivity index (χ4n) is 4.07. The molecule has 1 aliphatic heterocycles. The molecule has 1 saturated heterocycles. The Kier molecular flexibility index (Phi) is 5.74. The van der Waals surface area contributed by atoms with Gasteiger partial charge >= 0.3 is 0 Å². The zero-order valence-corrected chi connectivity index (χ0v) is 19.5. The van der Waals surface area contributed by atoms with Gasteiger partial charge < -0.3 is 15.1 Å². The predicted molar refractivity (Wildman–Crippen MR) is 136 cm³/mol. The first-order valence-corrected chi connectivity index (χ1v) is 11.3. The van der Waals surface area contributed by atoms with Gasteiger partial charge in [-0.3, -0.25) is 4.68 Å². The van der Waals surface area contributed by atoms with Gasteiger partial charge in [-0.1, -0.05) is 30.3 Å². The van der Waals surface area contributed by atoms with Crippen LogP contribution >= 0.6 is 11.6 Å². The first-order chi connectivity index (χ1) is 16.0. The molecule has 3 aromatic heterocycles. The topological polar surface area (TPSA) is 62.1 Å². The lowest BCUT2D eigenvalue weighted by molar-refractivity contribution is 0.312. The van der Waals surface area contributed by atoms with E-state index in [-0.39, 0.29) is 0 Å². The van der Waals surface area contributed by atoms with Crippen LogP contribution in [0.1, 0.15) is 5.56 Å². The molecule has 0 aliphatic carbocycles. The lowest BCUT2D eigenvalue weighted by Crippen LogP contribution is -2.44. The first-order valence-electron chi connectivity index (χ1n) is 10.9. The molecule has 0 unspecified atom stereocenters. The molecule has 4 heterocycles. The quantitative estimate of drug-likeness (QED) is 0.473. The van der Waals surface area contributed by atoms with Gasteiger partial charge in [0.05, 0.1) is 11.2 Å². The van der Waals surface area contributed by atoms with Crippen LogP contribution in [0.5, 0.6) is 0 Å². The van der Waals surface area contributed by atoms with Crippen molar-refractivity contribution < 1.29 is 0 Å². The van der Waals surface area contributed by atoms with E-state index in [4.69, 9.17) is 11.6 Å². The standard InChI is InChI=1S/C25H26ClN7/c1-17(18-6-7-27-24(12-18)33-10-8-31(2)9-11-33)30-23-13-22-19(14-28-23)4-5-21(25(22)26)20-15-29-32(3)16-20/h4-7,12-16H,1,8-11H2,2-3H3,(H,28,30). The van der Waals surface area contributed by atoms with Crippen LogP contribution in [0.25, 0.3) is 27.6 Å². The Morgan fingerprint density at radius 1 is 1.03 bits per heavy atom. The minimum atomic E-state index is 0.679. The summed E-state index contributed by atoms with van der Waals surface area (Å²) in [6.45, 7) is 8.25. The van der Waals surface area contributed by atoms with E-state index in [1.54, 1.807) is 4.68 Å². The monoisotopic (exact) mass is 459 g/mol. The molecule has 0 saturated carbocycles. The van der Waals surface area contributed by atoms with E-state index in [1.165, 1.54) is 0 Å². The maximum Gasteiger partial charge on any atom is 0.130 e. The molecule has 0 atom stereocenters. The van der Waals surface area contributed by atoms with Gasteiger partial charge in [-0.15, -0.1) is 0 Å². The lowest BCUT2D eigenvalue weighted by Gasteiger charge is -2.33. The lowest BCUT2D eigenvalue weighted by atomic mass is 10.0. The molecule has 1 aromatic carbocycles. The number of pyridine rings is 2. The van der Waals surface area contributed by atoms with Gasteiger partial charge in [0.2, 0.25) is 0 Å². The highest BCUT2D eigenvalue weighted by atomic mass is 35.5. The molecule has 4 aromatic rings. The maximum absolute atomic E-state index is 6.80. The van der Waals surface area contributed by atoms with Crippen LogP contribution in [0, 0.1) is 0 Å². The molecule has 5 rings (SSSR count). The number of aryl methyl sites for hydroxylation is 1. The normalized spacial score (nSPS) is 14.6. The number of rotatable bonds is 5. The van der Waals surface area contributed by atoms with E-state index >= 15 is 0 Å².